The molecular weight excluding hydrogens is 590 g/mol. The summed E-state index contributed by atoms with van der Waals surface area (Å²) in [6.45, 7) is 6.58. The molecule has 1 fully saturated rings. The summed E-state index contributed by atoms with van der Waals surface area (Å²) in [5, 5.41) is 14.2. The summed E-state index contributed by atoms with van der Waals surface area (Å²) in [6, 6.07) is 14.0. The van der Waals surface area contributed by atoms with Crippen molar-refractivity contribution in [2.45, 2.75) is 44.2 Å². The molecule has 3 aromatic rings. The molecule has 16 heteroatoms. The van der Waals surface area contributed by atoms with Gasteiger partial charge in [-0.2, -0.15) is 26.3 Å². The van der Waals surface area contributed by atoms with Gasteiger partial charge in [0.15, 0.2) is 5.76 Å². The SMILES string of the molecule is CCN1CCn2c(-c3ccccc3)cnc2C12CCN(C(=O)c1ccco1)CC2.O=C(O)C(F)(F)F.O=C(O)C(F)(F)F. The van der Waals surface area contributed by atoms with E-state index in [0.29, 0.717) is 18.8 Å². The number of likely N-dealkylation sites (tertiary alicyclic amines) is 1. The Morgan fingerprint density at radius 2 is 1.44 bits per heavy atom. The van der Waals surface area contributed by atoms with Crippen LogP contribution in [0.25, 0.3) is 11.3 Å². The lowest BCUT2D eigenvalue weighted by atomic mass is 9.83. The number of piperidine rings is 1. The van der Waals surface area contributed by atoms with Gasteiger partial charge in [0.2, 0.25) is 0 Å². The molecular formula is C27H28F6N4O6. The molecule has 2 aliphatic heterocycles. The number of nitrogens with zero attached hydrogens (tertiary/aromatic N) is 4. The van der Waals surface area contributed by atoms with Crippen LogP contribution in [-0.4, -0.2) is 85.9 Å². The van der Waals surface area contributed by atoms with Gasteiger partial charge in [-0.3, -0.25) is 9.69 Å². The van der Waals surface area contributed by atoms with Crippen molar-refractivity contribution in [2.24, 2.45) is 0 Å². The van der Waals surface area contributed by atoms with Gasteiger partial charge in [-0.25, -0.2) is 14.6 Å². The number of hydrogen-bond acceptors (Lipinski definition) is 6. The first kappa shape index (κ1) is 33.2. The zero-order chi connectivity index (χ0) is 32.0. The second-order valence-corrected chi connectivity index (χ2v) is 9.47. The summed E-state index contributed by atoms with van der Waals surface area (Å²) in [5.74, 6) is -3.96. The number of benzene rings is 1. The number of halogens is 6. The number of carbonyl (C=O) groups is 3. The molecule has 0 atom stereocenters. The smallest absolute Gasteiger partial charge is 0.475 e. The van der Waals surface area contributed by atoms with Crippen molar-refractivity contribution in [3.8, 4) is 11.3 Å². The number of carboxylic acids is 2. The van der Waals surface area contributed by atoms with E-state index in [1.54, 1.807) is 18.4 Å². The number of alkyl halides is 6. The lowest BCUT2D eigenvalue weighted by molar-refractivity contribution is -0.193. The second kappa shape index (κ2) is 13.3. The minimum Gasteiger partial charge on any atom is -0.475 e. The number of hydrogen-bond donors (Lipinski definition) is 2. The largest absolute Gasteiger partial charge is 0.490 e. The van der Waals surface area contributed by atoms with Crippen molar-refractivity contribution in [1.82, 2.24) is 19.4 Å². The molecule has 0 bridgehead atoms. The number of aromatic nitrogens is 2. The van der Waals surface area contributed by atoms with Crippen LogP contribution in [0.15, 0.2) is 59.3 Å². The molecule has 4 heterocycles. The van der Waals surface area contributed by atoms with Crippen LogP contribution in [0.1, 0.15) is 36.1 Å². The molecule has 1 spiro atoms. The van der Waals surface area contributed by atoms with Gasteiger partial charge in [-0.05, 0) is 37.1 Å². The fraction of sp³-hybridized carbons (Fsp3) is 0.407. The topological polar surface area (TPSA) is 129 Å². The Morgan fingerprint density at radius 3 is 1.91 bits per heavy atom. The molecule has 43 heavy (non-hydrogen) atoms. The van der Waals surface area contributed by atoms with E-state index >= 15 is 0 Å². The Morgan fingerprint density at radius 1 is 0.884 bits per heavy atom. The normalized spacial score (nSPS) is 16.3. The first-order valence-corrected chi connectivity index (χ1v) is 12.9. The van der Waals surface area contributed by atoms with Crippen molar-refractivity contribution in [2.75, 3.05) is 26.2 Å². The maximum atomic E-state index is 12.7. The summed E-state index contributed by atoms with van der Waals surface area (Å²) in [5.41, 5.74) is 2.28. The lowest BCUT2D eigenvalue weighted by Crippen LogP contribution is -2.58. The number of imidazole rings is 1. The van der Waals surface area contributed by atoms with Crippen LogP contribution in [0.2, 0.25) is 0 Å². The third-order valence-electron chi connectivity index (χ3n) is 7.02. The fourth-order valence-corrected chi connectivity index (χ4v) is 5.03. The molecule has 10 nitrogen and oxygen atoms in total. The Hall–Kier alpha value is -4.34. The molecule has 1 saturated heterocycles. The second-order valence-electron chi connectivity index (χ2n) is 9.47. The number of fused-ring (bicyclic) bond motifs is 2. The number of amides is 1. The van der Waals surface area contributed by atoms with Gasteiger partial charge in [0.1, 0.15) is 5.82 Å². The molecule has 2 aliphatic rings. The Balaban J connectivity index is 0.000000303. The maximum Gasteiger partial charge on any atom is 0.490 e. The summed E-state index contributed by atoms with van der Waals surface area (Å²) in [7, 11) is 0. The Labute approximate surface area is 241 Å². The third-order valence-corrected chi connectivity index (χ3v) is 7.02. The first-order valence-electron chi connectivity index (χ1n) is 12.9. The van der Waals surface area contributed by atoms with Crippen LogP contribution in [0, 0.1) is 0 Å². The van der Waals surface area contributed by atoms with E-state index in [-0.39, 0.29) is 11.4 Å². The van der Waals surface area contributed by atoms with Gasteiger partial charge in [0.05, 0.1) is 23.7 Å². The predicted molar refractivity (Wildman–Crippen MR) is 138 cm³/mol. The zero-order valence-electron chi connectivity index (χ0n) is 22.7. The van der Waals surface area contributed by atoms with Crippen LogP contribution in [0.5, 0.6) is 0 Å². The van der Waals surface area contributed by atoms with Crippen LogP contribution >= 0.6 is 0 Å². The molecule has 2 N–H and O–H groups in total. The van der Waals surface area contributed by atoms with E-state index in [1.165, 1.54) is 11.3 Å². The predicted octanol–water partition coefficient (Wildman–Crippen LogP) is 4.88. The molecule has 2 aromatic heterocycles. The van der Waals surface area contributed by atoms with Gasteiger partial charge >= 0.3 is 24.3 Å². The van der Waals surface area contributed by atoms with E-state index < -0.39 is 24.3 Å². The minimum absolute atomic E-state index is 0.0166. The Bertz CT molecular complexity index is 1360. The number of furan rings is 1. The maximum absolute atomic E-state index is 12.7. The highest BCUT2D eigenvalue weighted by atomic mass is 19.4. The van der Waals surface area contributed by atoms with Crippen molar-refractivity contribution < 1.29 is 55.4 Å². The van der Waals surface area contributed by atoms with E-state index in [2.05, 4.69) is 40.7 Å². The summed E-state index contributed by atoms with van der Waals surface area (Å²) < 4.78 is 71.2. The molecule has 0 radical (unpaired) electrons. The molecule has 0 unspecified atom stereocenters. The van der Waals surface area contributed by atoms with E-state index in [4.69, 9.17) is 29.2 Å². The van der Waals surface area contributed by atoms with Gasteiger partial charge < -0.3 is 24.1 Å². The lowest BCUT2D eigenvalue weighted by Gasteiger charge is -2.50. The average Bonchev–Trinajstić information content (AvgIpc) is 3.65. The zero-order valence-corrected chi connectivity index (χ0v) is 22.7. The standard InChI is InChI=1S/C23H26N4O2.2C2HF3O2/c1-2-26-14-15-27-19(18-7-4-3-5-8-18)17-24-22(27)23(26)10-12-25(13-11-23)21(28)20-9-6-16-29-20;2*3-2(4,5)1(6)7/h3-9,16-17H,2,10-15H2,1H3;2*(H,6,7). The van der Waals surface area contributed by atoms with Gasteiger partial charge in [-0.15, -0.1) is 0 Å². The monoisotopic (exact) mass is 618 g/mol. The van der Waals surface area contributed by atoms with Crippen molar-refractivity contribution in [1.29, 1.82) is 0 Å². The number of carbonyl (C=O) groups excluding carboxylic acids is 1. The molecule has 5 rings (SSSR count). The molecule has 234 valence electrons. The van der Waals surface area contributed by atoms with E-state index in [9.17, 15) is 31.1 Å². The third kappa shape index (κ3) is 7.74. The molecule has 1 amide bonds. The highest BCUT2D eigenvalue weighted by molar-refractivity contribution is 5.91. The number of aliphatic carboxylic acids is 2. The average molecular weight is 619 g/mol. The van der Waals surface area contributed by atoms with Crippen molar-refractivity contribution in [3.05, 3.63) is 66.5 Å². The number of likely N-dealkylation sites (N-methyl/N-ethyl adjacent to an activating group) is 1. The van der Waals surface area contributed by atoms with Crippen LogP contribution in [0.3, 0.4) is 0 Å². The van der Waals surface area contributed by atoms with E-state index in [0.717, 1.165) is 38.3 Å². The molecule has 0 saturated carbocycles. The molecule has 1 aromatic carbocycles. The number of carboxylic acid groups (broad SMARTS) is 2. The van der Waals surface area contributed by atoms with Crippen molar-refractivity contribution >= 4 is 17.8 Å². The number of rotatable bonds is 3. The molecule has 0 aliphatic carbocycles. The van der Waals surface area contributed by atoms with E-state index in [1.807, 2.05) is 17.2 Å². The fourth-order valence-electron chi connectivity index (χ4n) is 5.03. The van der Waals surface area contributed by atoms with Gasteiger partial charge in [-0.1, -0.05) is 37.3 Å². The van der Waals surface area contributed by atoms with Crippen LogP contribution < -0.4 is 0 Å². The van der Waals surface area contributed by atoms with Crippen LogP contribution in [0.4, 0.5) is 26.3 Å². The highest BCUT2D eigenvalue weighted by Gasteiger charge is 2.47. The van der Waals surface area contributed by atoms with Gasteiger partial charge in [0.25, 0.3) is 5.91 Å². The summed E-state index contributed by atoms with van der Waals surface area (Å²) >= 11 is 0. The van der Waals surface area contributed by atoms with Crippen LogP contribution in [-0.2, 0) is 21.7 Å². The highest BCUT2D eigenvalue weighted by Crippen LogP contribution is 2.42. The van der Waals surface area contributed by atoms with Gasteiger partial charge in [0, 0.05) is 26.2 Å². The summed E-state index contributed by atoms with van der Waals surface area (Å²) in [4.78, 5) is 39.9. The summed E-state index contributed by atoms with van der Waals surface area (Å²) in [6.07, 6.45) is -4.82. The quantitative estimate of drug-likeness (QED) is 0.398. The Kier molecular flexibility index (Phi) is 10.3. The van der Waals surface area contributed by atoms with Crippen molar-refractivity contribution in [3.63, 3.8) is 0 Å². The first-order chi connectivity index (χ1) is 20.1. The minimum atomic E-state index is -5.08.